The Morgan fingerprint density at radius 3 is 2.79 bits per heavy atom. The van der Waals surface area contributed by atoms with Crippen LogP contribution in [0, 0.1) is 0 Å². The molecule has 2 amide bonds. The quantitative estimate of drug-likeness (QED) is 0.602. The van der Waals surface area contributed by atoms with Crippen molar-refractivity contribution in [2.24, 2.45) is 0 Å². The third-order valence-corrected chi connectivity index (χ3v) is 3.74. The summed E-state index contributed by atoms with van der Waals surface area (Å²) in [6.45, 7) is 5.99. The van der Waals surface area contributed by atoms with Gasteiger partial charge in [0.15, 0.2) is 0 Å². The van der Waals surface area contributed by atoms with Gasteiger partial charge in [-0.3, -0.25) is 9.89 Å². The van der Waals surface area contributed by atoms with Crippen molar-refractivity contribution in [3.63, 3.8) is 0 Å². The molecule has 130 valence electrons. The fourth-order valence-corrected chi connectivity index (χ4v) is 2.48. The number of carboxylic acid groups (broad SMARTS) is 1. The van der Waals surface area contributed by atoms with E-state index < -0.39 is 12.1 Å². The molecule has 24 heavy (non-hydrogen) atoms. The lowest BCUT2D eigenvalue weighted by atomic mass is 10.1. The Balaban J connectivity index is 2.11. The third-order valence-electron chi connectivity index (χ3n) is 3.74. The molecule has 1 aromatic rings. The van der Waals surface area contributed by atoms with Gasteiger partial charge in [0.2, 0.25) is 0 Å². The summed E-state index contributed by atoms with van der Waals surface area (Å²) in [4.78, 5) is 37.8. The Bertz CT molecular complexity index is 681. The maximum Gasteiger partial charge on any atom is 0.407 e. The number of ether oxygens (including phenoxy) is 1. The molecule has 1 aromatic heterocycles. The van der Waals surface area contributed by atoms with Gasteiger partial charge in [0, 0.05) is 31.1 Å². The van der Waals surface area contributed by atoms with Gasteiger partial charge in [-0.25, -0.2) is 9.59 Å². The fourth-order valence-electron chi connectivity index (χ4n) is 2.48. The van der Waals surface area contributed by atoms with Crippen LogP contribution in [-0.4, -0.2) is 69.8 Å². The predicted molar refractivity (Wildman–Crippen MR) is 83.5 cm³/mol. The molecule has 2 rings (SSSR count). The van der Waals surface area contributed by atoms with Crippen LogP contribution in [0.3, 0.4) is 0 Å². The summed E-state index contributed by atoms with van der Waals surface area (Å²) in [5, 5.41) is 15.9. The van der Waals surface area contributed by atoms with E-state index in [1.54, 1.807) is 6.92 Å². The molecule has 9 nitrogen and oxygen atoms in total. The minimum atomic E-state index is -1.04. The van der Waals surface area contributed by atoms with Gasteiger partial charge in [-0.15, -0.1) is 0 Å². The lowest BCUT2D eigenvalue weighted by Gasteiger charge is -2.24. The number of nitrogens with one attached hydrogen (secondary N) is 1. The zero-order chi connectivity index (χ0) is 17.9. The molecule has 0 bridgehead atoms. The number of esters is 1. The number of hydrogen-bond acceptors (Lipinski definition) is 5. The van der Waals surface area contributed by atoms with Gasteiger partial charge in [0.25, 0.3) is 5.91 Å². The van der Waals surface area contributed by atoms with Crippen LogP contribution >= 0.6 is 0 Å². The summed E-state index contributed by atoms with van der Waals surface area (Å²) in [6.07, 6.45) is -0.589. The normalized spacial score (nSPS) is 13.2. The van der Waals surface area contributed by atoms with Crippen molar-refractivity contribution in [1.82, 2.24) is 20.0 Å². The first-order chi connectivity index (χ1) is 11.3. The monoisotopic (exact) mass is 336 g/mol. The van der Waals surface area contributed by atoms with Crippen LogP contribution in [0.1, 0.15) is 28.7 Å². The molecule has 0 radical (unpaired) electrons. The smallest absolute Gasteiger partial charge is 0.407 e. The number of rotatable bonds is 5. The Morgan fingerprint density at radius 2 is 2.17 bits per heavy atom. The lowest BCUT2D eigenvalue weighted by Crippen LogP contribution is -2.36. The van der Waals surface area contributed by atoms with Crippen molar-refractivity contribution >= 4 is 18.0 Å². The first kappa shape index (κ1) is 17.5. The molecule has 0 aromatic carbocycles. The van der Waals surface area contributed by atoms with Crippen LogP contribution in [0.15, 0.2) is 12.2 Å². The molecule has 0 unspecified atom stereocenters. The van der Waals surface area contributed by atoms with E-state index in [4.69, 9.17) is 9.84 Å². The van der Waals surface area contributed by atoms with E-state index in [9.17, 15) is 14.4 Å². The molecule has 0 saturated heterocycles. The van der Waals surface area contributed by atoms with E-state index in [2.05, 4.69) is 16.8 Å². The summed E-state index contributed by atoms with van der Waals surface area (Å²) in [5.41, 5.74) is 1.65. The second-order valence-electron chi connectivity index (χ2n) is 5.46. The highest BCUT2D eigenvalue weighted by Crippen LogP contribution is 2.21. The van der Waals surface area contributed by atoms with Crippen molar-refractivity contribution in [2.45, 2.75) is 19.9 Å². The highest BCUT2D eigenvalue weighted by atomic mass is 16.5. The minimum Gasteiger partial charge on any atom is -0.465 e. The molecule has 0 aliphatic carbocycles. The standard InChI is InChI=1S/C15H20N4O5/c1-4-24-14(21)9(2)7-18(3)13(20)12-10-8-19(15(22)23)6-5-11(10)16-17-12/h2,4-8H2,1,3H3,(H,16,17)(H,22,23). The Kier molecular flexibility index (Phi) is 5.22. The summed E-state index contributed by atoms with van der Waals surface area (Å²) in [6, 6.07) is 0. The first-order valence-electron chi connectivity index (χ1n) is 7.49. The maximum atomic E-state index is 12.6. The fraction of sp³-hybridized carbons (Fsp3) is 0.467. The average Bonchev–Trinajstić information content (AvgIpc) is 2.97. The van der Waals surface area contributed by atoms with Gasteiger partial charge in [0.1, 0.15) is 5.69 Å². The van der Waals surface area contributed by atoms with Gasteiger partial charge >= 0.3 is 12.1 Å². The molecule has 2 N–H and O–H groups in total. The number of hydrogen-bond donors (Lipinski definition) is 2. The van der Waals surface area contributed by atoms with E-state index in [-0.39, 0.29) is 36.9 Å². The van der Waals surface area contributed by atoms with Gasteiger partial charge in [-0.2, -0.15) is 5.10 Å². The molecule has 0 atom stereocenters. The SMILES string of the molecule is C=C(CN(C)C(=O)c1[nH]nc2c1CN(C(=O)O)CC2)C(=O)OCC. The van der Waals surface area contributed by atoms with Crippen LogP contribution in [0.4, 0.5) is 4.79 Å². The van der Waals surface area contributed by atoms with Crippen molar-refractivity contribution in [1.29, 1.82) is 0 Å². The number of fused-ring (bicyclic) bond motifs is 1. The van der Waals surface area contributed by atoms with Gasteiger partial charge in [0.05, 0.1) is 25.4 Å². The summed E-state index contributed by atoms with van der Waals surface area (Å²) in [7, 11) is 1.53. The Labute approximate surface area is 138 Å². The first-order valence-corrected chi connectivity index (χ1v) is 7.49. The number of amides is 2. The number of nitrogens with zero attached hydrogens (tertiary/aromatic N) is 3. The van der Waals surface area contributed by atoms with Gasteiger partial charge in [-0.1, -0.05) is 6.58 Å². The molecule has 1 aliphatic heterocycles. The van der Waals surface area contributed by atoms with E-state index in [0.29, 0.717) is 24.2 Å². The number of likely N-dealkylation sites (N-methyl/N-ethyl adjacent to an activating group) is 1. The molecule has 0 fully saturated rings. The topological polar surface area (TPSA) is 116 Å². The number of aromatic nitrogens is 2. The van der Waals surface area contributed by atoms with Gasteiger partial charge < -0.3 is 19.6 Å². The van der Waals surface area contributed by atoms with Crippen LogP contribution in [0.5, 0.6) is 0 Å². The zero-order valence-corrected chi connectivity index (χ0v) is 13.7. The minimum absolute atomic E-state index is 0.00804. The summed E-state index contributed by atoms with van der Waals surface area (Å²) in [5.74, 6) is -0.942. The van der Waals surface area contributed by atoms with E-state index in [0.717, 1.165) is 0 Å². The molecular weight excluding hydrogens is 316 g/mol. The molecule has 0 saturated carbocycles. The largest absolute Gasteiger partial charge is 0.465 e. The van der Waals surface area contributed by atoms with Crippen LogP contribution in [0.25, 0.3) is 0 Å². The second-order valence-corrected chi connectivity index (χ2v) is 5.46. The number of carbonyl (C=O) groups excluding carboxylic acids is 2. The average molecular weight is 336 g/mol. The van der Waals surface area contributed by atoms with E-state index >= 15 is 0 Å². The molecule has 9 heteroatoms. The van der Waals surface area contributed by atoms with E-state index in [1.807, 2.05) is 0 Å². The van der Waals surface area contributed by atoms with Crippen molar-refractivity contribution in [2.75, 3.05) is 26.7 Å². The zero-order valence-electron chi connectivity index (χ0n) is 13.7. The van der Waals surface area contributed by atoms with Crippen molar-refractivity contribution < 1.29 is 24.2 Å². The number of carbonyl (C=O) groups is 3. The highest BCUT2D eigenvalue weighted by molar-refractivity contribution is 5.95. The second kappa shape index (κ2) is 7.16. The highest BCUT2D eigenvalue weighted by Gasteiger charge is 2.29. The lowest BCUT2D eigenvalue weighted by molar-refractivity contribution is -0.138. The van der Waals surface area contributed by atoms with Crippen LogP contribution < -0.4 is 0 Å². The summed E-state index contributed by atoms with van der Waals surface area (Å²) < 4.78 is 4.84. The molecule has 1 aliphatic rings. The van der Waals surface area contributed by atoms with Crippen molar-refractivity contribution in [3.05, 3.63) is 29.1 Å². The molecular formula is C15H20N4O5. The number of H-pyrrole nitrogens is 1. The maximum absolute atomic E-state index is 12.6. The van der Waals surface area contributed by atoms with Crippen molar-refractivity contribution in [3.8, 4) is 0 Å². The van der Waals surface area contributed by atoms with Crippen LogP contribution in [-0.2, 0) is 22.5 Å². The van der Waals surface area contributed by atoms with Crippen LogP contribution in [0.2, 0.25) is 0 Å². The Hall–Kier alpha value is -2.84. The Morgan fingerprint density at radius 1 is 1.46 bits per heavy atom. The summed E-state index contributed by atoms with van der Waals surface area (Å²) >= 11 is 0. The third kappa shape index (κ3) is 3.55. The molecule has 0 spiro atoms. The van der Waals surface area contributed by atoms with E-state index in [1.165, 1.54) is 16.8 Å². The number of aromatic amines is 1. The van der Waals surface area contributed by atoms with Gasteiger partial charge in [-0.05, 0) is 6.92 Å². The predicted octanol–water partition coefficient (Wildman–Crippen LogP) is 0.637. The molecule has 2 heterocycles.